The molecule has 0 aliphatic rings. The van der Waals surface area contributed by atoms with Crippen LogP contribution < -0.4 is 0 Å². The van der Waals surface area contributed by atoms with Crippen molar-refractivity contribution in [2.75, 3.05) is 6.61 Å². The van der Waals surface area contributed by atoms with Crippen LogP contribution in [0.5, 0.6) is 0 Å². The van der Waals surface area contributed by atoms with E-state index in [1.165, 1.54) is 0 Å². The zero-order valence-corrected chi connectivity index (χ0v) is 8.10. The van der Waals surface area contributed by atoms with Gasteiger partial charge in [0.25, 0.3) is 0 Å². The molecule has 0 heterocycles. The van der Waals surface area contributed by atoms with Gasteiger partial charge in [0.05, 0.1) is 6.10 Å². The van der Waals surface area contributed by atoms with E-state index in [1.807, 2.05) is 37.3 Å². The lowest BCUT2D eigenvalue weighted by molar-refractivity contribution is -0.0259. The zero-order chi connectivity index (χ0) is 9.68. The van der Waals surface area contributed by atoms with Crippen molar-refractivity contribution in [3.05, 3.63) is 35.9 Å². The van der Waals surface area contributed by atoms with Crippen LogP contribution in [-0.4, -0.2) is 17.8 Å². The van der Waals surface area contributed by atoms with Crippen LogP contribution in [0.3, 0.4) is 0 Å². The Balaban J connectivity index is 2.76. The minimum Gasteiger partial charge on any atom is -0.390 e. The minimum absolute atomic E-state index is 0.203. The first-order valence-corrected chi connectivity index (χ1v) is 4.60. The lowest BCUT2D eigenvalue weighted by Gasteiger charge is -2.19. The number of rotatable bonds is 4. The maximum Gasteiger partial charge on any atom is 0.108 e. The second kappa shape index (κ2) is 5.00. The summed E-state index contributed by atoms with van der Waals surface area (Å²) < 4.78 is 5.44. The molecule has 0 saturated carbocycles. The number of hydrogen-bond acceptors (Lipinski definition) is 2. The van der Waals surface area contributed by atoms with Gasteiger partial charge in [-0.15, -0.1) is 0 Å². The molecule has 0 bridgehead atoms. The van der Waals surface area contributed by atoms with Gasteiger partial charge in [-0.1, -0.05) is 30.3 Å². The minimum atomic E-state index is -0.470. The van der Waals surface area contributed by atoms with Crippen molar-refractivity contribution in [1.82, 2.24) is 0 Å². The third-order valence-corrected chi connectivity index (χ3v) is 1.91. The molecule has 2 unspecified atom stereocenters. The van der Waals surface area contributed by atoms with Crippen LogP contribution in [-0.2, 0) is 4.74 Å². The molecule has 2 atom stereocenters. The van der Waals surface area contributed by atoms with E-state index >= 15 is 0 Å². The smallest absolute Gasteiger partial charge is 0.108 e. The predicted octanol–water partition coefficient (Wildman–Crippen LogP) is 2.15. The molecule has 13 heavy (non-hydrogen) atoms. The van der Waals surface area contributed by atoms with Gasteiger partial charge >= 0.3 is 0 Å². The van der Waals surface area contributed by atoms with Crippen molar-refractivity contribution in [2.45, 2.75) is 26.1 Å². The second-order valence-electron chi connectivity index (χ2n) is 3.03. The summed E-state index contributed by atoms with van der Waals surface area (Å²) in [6.07, 6.45) is -0.673. The molecule has 0 fully saturated rings. The molecule has 0 aliphatic carbocycles. The molecule has 1 aromatic rings. The third-order valence-electron chi connectivity index (χ3n) is 1.91. The highest BCUT2D eigenvalue weighted by atomic mass is 16.5. The summed E-state index contributed by atoms with van der Waals surface area (Å²) in [5, 5.41) is 9.47. The van der Waals surface area contributed by atoms with Crippen molar-refractivity contribution < 1.29 is 9.84 Å². The summed E-state index contributed by atoms with van der Waals surface area (Å²) in [7, 11) is 0. The molecule has 1 rings (SSSR count). The average Bonchev–Trinajstić information content (AvgIpc) is 2.15. The molecule has 2 nitrogen and oxygen atoms in total. The standard InChI is InChI=1S/C11H16O2/c1-3-13-11(9(2)12)10-7-5-4-6-8-10/h4-9,11-12H,3H2,1-2H3. The largest absolute Gasteiger partial charge is 0.390 e. The highest BCUT2D eigenvalue weighted by Gasteiger charge is 2.16. The van der Waals surface area contributed by atoms with E-state index in [1.54, 1.807) is 6.92 Å². The van der Waals surface area contributed by atoms with Crippen molar-refractivity contribution in [1.29, 1.82) is 0 Å². The predicted molar refractivity (Wildman–Crippen MR) is 52.5 cm³/mol. The number of aliphatic hydroxyl groups excluding tert-OH is 1. The average molecular weight is 180 g/mol. The van der Waals surface area contributed by atoms with Gasteiger partial charge < -0.3 is 9.84 Å². The van der Waals surface area contributed by atoms with E-state index in [0.717, 1.165) is 5.56 Å². The van der Waals surface area contributed by atoms with E-state index in [2.05, 4.69) is 0 Å². The number of hydrogen-bond donors (Lipinski definition) is 1. The van der Waals surface area contributed by atoms with Crippen LogP contribution in [0.4, 0.5) is 0 Å². The van der Waals surface area contributed by atoms with Gasteiger partial charge in [-0.05, 0) is 19.4 Å². The first-order chi connectivity index (χ1) is 6.25. The van der Waals surface area contributed by atoms with E-state index in [9.17, 15) is 5.11 Å². The van der Waals surface area contributed by atoms with Crippen molar-refractivity contribution >= 4 is 0 Å². The van der Waals surface area contributed by atoms with E-state index < -0.39 is 6.10 Å². The Morgan fingerprint density at radius 1 is 1.31 bits per heavy atom. The van der Waals surface area contributed by atoms with E-state index in [4.69, 9.17) is 4.74 Å². The molecule has 0 saturated heterocycles. The van der Waals surface area contributed by atoms with Gasteiger partial charge in [-0.3, -0.25) is 0 Å². The first-order valence-electron chi connectivity index (χ1n) is 4.60. The summed E-state index contributed by atoms with van der Waals surface area (Å²) in [6.45, 7) is 4.29. The monoisotopic (exact) mass is 180 g/mol. The molecule has 0 spiro atoms. The van der Waals surface area contributed by atoms with Crippen LogP contribution in [0.25, 0.3) is 0 Å². The number of ether oxygens (including phenoxy) is 1. The van der Waals surface area contributed by atoms with Crippen molar-refractivity contribution in [2.24, 2.45) is 0 Å². The fourth-order valence-electron chi connectivity index (χ4n) is 1.34. The molecule has 0 radical (unpaired) electrons. The number of aliphatic hydroxyl groups is 1. The molecule has 0 aromatic heterocycles. The Morgan fingerprint density at radius 2 is 1.92 bits per heavy atom. The van der Waals surface area contributed by atoms with Crippen LogP contribution in [0.1, 0.15) is 25.5 Å². The molecule has 72 valence electrons. The third kappa shape index (κ3) is 2.83. The van der Waals surface area contributed by atoms with Gasteiger partial charge in [0.1, 0.15) is 6.10 Å². The summed E-state index contributed by atoms with van der Waals surface area (Å²) in [5.41, 5.74) is 1.03. The topological polar surface area (TPSA) is 29.5 Å². The Bertz CT molecular complexity index is 231. The Hall–Kier alpha value is -0.860. The van der Waals surface area contributed by atoms with Crippen LogP contribution >= 0.6 is 0 Å². The molecule has 1 aromatic carbocycles. The fraction of sp³-hybridized carbons (Fsp3) is 0.455. The lowest BCUT2D eigenvalue weighted by atomic mass is 10.1. The quantitative estimate of drug-likeness (QED) is 0.769. The van der Waals surface area contributed by atoms with Gasteiger partial charge in [-0.25, -0.2) is 0 Å². The van der Waals surface area contributed by atoms with Gasteiger partial charge in [0, 0.05) is 6.61 Å². The lowest BCUT2D eigenvalue weighted by Crippen LogP contribution is -2.17. The summed E-state index contributed by atoms with van der Waals surface area (Å²) in [6, 6.07) is 9.78. The molecular weight excluding hydrogens is 164 g/mol. The SMILES string of the molecule is CCOC(c1ccccc1)C(C)O. The molecule has 0 amide bonds. The Labute approximate surface area is 79.2 Å². The summed E-state index contributed by atoms with van der Waals surface area (Å²) in [5.74, 6) is 0. The summed E-state index contributed by atoms with van der Waals surface area (Å²) >= 11 is 0. The number of benzene rings is 1. The van der Waals surface area contributed by atoms with Gasteiger partial charge in [0.15, 0.2) is 0 Å². The highest BCUT2D eigenvalue weighted by molar-refractivity contribution is 5.18. The van der Waals surface area contributed by atoms with Crippen LogP contribution in [0, 0.1) is 0 Å². The van der Waals surface area contributed by atoms with Crippen LogP contribution in [0.15, 0.2) is 30.3 Å². The Kier molecular flexibility index (Phi) is 3.93. The molecular formula is C11H16O2. The molecule has 0 aliphatic heterocycles. The zero-order valence-electron chi connectivity index (χ0n) is 8.10. The first kappa shape index (κ1) is 10.2. The normalized spacial score (nSPS) is 15.3. The molecule has 2 heteroatoms. The van der Waals surface area contributed by atoms with E-state index in [-0.39, 0.29) is 6.10 Å². The summed E-state index contributed by atoms with van der Waals surface area (Å²) in [4.78, 5) is 0. The van der Waals surface area contributed by atoms with Crippen LogP contribution in [0.2, 0.25) is 0 Å². The maximum absolute atomic E-state index is 9.47. The van der Waals surface area contributed by atoms with Gasteiger partial charge in [0.2, 0.25) is 0 Å². The Morgan fingerprint density at radius 3 is 2.38 bits per heavy atom. The maximum atomic E-state index is 9.47. The van der Waals surface area contributed by atoms with E-state index in [0.29, 0.717) is 6.61 Å². The second-order valence-corrected chi connectivity index (χ2v) is 3.03. The molecule has 1 N–H and O–H groups in total. The van der Waals surface area contributed by atoms with Crippen molar-refractivity contribution in [3.8, 4) is 0 Å². The van der Waals surface area contributed by atoms with Crippen molar-refractivity contribution in [3.63, 3.8) is 0 Å². The highest BCUT2D eigenvalue weighted by Crippen LogP contribution is 2.20. The van der Waals surface area contributed by atoms with Gasteiger partial charge in [-0.2, -0.15) is 0 Å². The fourth-order valence-corrected chi connectivity index (χ4v) is 1.34.